The zero-order valence-electron chi connectivity index (χ0n) is 12.0. The van der Waals surface area contributed by atoms with Gasteiger partial charge in [-0.2, -0.15) is 0 Å². The van der Waals surface area contributed by atoms with Gasteiger partial charge in [-0.15, -0.1) is 0 Å². The quantitative estimate of drug-likeness (QED) is 0.784. The molecule has 4 nitrogen and oxygen atoms in total. The van der Waals surface area contributed by atoms with Gasteiger partial charge in [0.15, 0.2) is 5.78 Å². The van der Waals surface area contributed by atoms with Crippen molar-refractivity contribution in [1.82, 2.24) is 0 Å². The smallest absolute Gasteiger partial charge is 0.305 e. The number of esters is 1. The van der Waals surface area contributed by atoms with Crippen molar-refractivity contribution < 1.29 is 19.1 Å². The standard InChI is InChI=1S/C17H18O4/c1-11(18)20-16-10-13(12-6-3-2-4-7-12)17-14(19)8-5-9-15(17)21-16/h2-4,6-7,13,16H,5,8-10H2,1H3/t13-,16-/m0/s1. The molecule has 0 unspecified atom stereocenters. The van der Waals surface area contributed by atoms with Gasteiger partial charge in [0.1, 0.15) is 5.76 Å². The van der Waals surface area contributed by atoms with Crippen LogP contribution in [-0.2, 0) is 19.1 Å². The molecule has 2 aliphatic rings. The molecule has 0 saturated heterocycles. The second-order valence-corrected chi connectivity index (χ2v) is 5.47. The molecular weight excluding hydrogens is 268 g/mol. The zero-order chi connectivity index (χ0) is 14.8. The highest BCUT2D eigenvalue weighted by atomic mass is 16.7. The normalized spacial score (nSPS) is 25.1. The Balaban J connectivity index is 1.98. The van der Waals surface area contributed by atoms with Crippen molar-refractivity contribution in [1.29, 1.82) is 0 Å². The number of carbonyl (C=O) groups is 2. The lowest BCUT2D eigenvalue weighted by molar-refractivity contribution is -0.173. The van der Waals surface area contributed by atoms with Gasteiger partial charge in [0.25, 0.3) is 0 Å². The van der Waals surface area contributed by atoms with Gasteiger partial charge in [0, 0.05) is 37.7 Å². The molecule has 0 spiro atoms. The number of ketones is 1. The zero-order valence-corrected chi connectivity index (χ0v) is 12.0. The van der Waals surface area contributed by atoms with Crippen LogP contribution in [0.15, 0.2) is 41.7 Å². The molecule has 1 aromatic carbocycles. The topological polar surface area (TPSA) is 52.6 Å². The first kappa shape index (κ1) is 13.9. The second kappa shape index (κ2) is 5.72. The molecule has 0 fully saturated rings. The Hall–Kier alpha value is -2.10. The van der Waals surface area contributed by atoms with Gasteiger partial charge in [-0.3, -0.25) is 9.59 Å². The molecule has 2 atom stereocenters. The van der Waals surface area contributed by atoms with Crippen LogP contribution in [0.4, 0.5) is 0 Å². The maximum atomic E-state index is 12.3. The Morgan fingerprint density at radius 2 is 2.00 bits per heavy atom. The van der Waals surface area contributed by atoms with Crippen molar-refractivity contribution in [2.24, 2.45) is 0 Å². The second-order valence-electron chi connectivity index (χ2n) is 5.47. The van der Waals surface area contributed by atoms with E-state index in [1.54, 1.807) is 0 Å². The molecule has 0 saturated carbocycles. The van der Waals surface area contributed by atoms with E-state index in [1.165, 1.54) is 6.92 Å². The van der Waals surface area contributed by atoms with Crippen LogP contribution < -0.4 is 0 Å². The third-order valence-corrected chi connectivity index (χ3v) is 3.96. The van der Waals surface area contributed by atoms with Gasteiger partial charge >= 0.3 is 5.97 Å². The summed E-state index contributed by atoms with van der Waals surface area (Å²) >= 11 is 0. The molecule has 0 aromatic heterocycles. The molecule has 0 N–H and O–H groups in total. The molecular formula is C17H18O4. The molecule has 3 rings (SSSR count). The number of allylic oxidation sites excluding steroid dienone is 2. The lowest BCUT2D eigenvalue weighted by atomic mass is 9.79. The summed E-state index contributed by atoms with van der Waals surface area (Å²) in [5.74, 6) is 0.453. The van der Waals surface area contributed by atoms with Crippen molar-refractivity contribution in [2.45, 2.75) is 44.8 Å². The van der Waals surface area contributed by atoms with Crippen molar-refractivity contribution in [3.63, 3.8) is 0 Å². The molecule has 110 valence electrons. The highest BCUT2D eigenvalue weighted by molar-refractivity contribution is 5.98. The average molecular weight is 286 g/mol. The molecule has 4 heteroatoms. The van der Waals surface area contributed by atoms with E-state index in [-0.39, 0.29) is 17.7 Å². The molecule has 1 aliphatic carbocycles. The number of ether oxygens (including phenoxy) is 2. The van der Waals surface area contributed by atoms with Crippen LogP contribution in [0.1, 0.15) is 44.1 Å². The molecule has 0 radical (unpaired) electrons. The fourth-order valence-corrected chi connectivity index (χ4v) is 3.11. The molecule has 21 heavy (non-hydrogen) atoms. The number of hydrogen-bond donors (Lipinski definition) is 0. The van der Waals surface area contributed by atoms with E-state index >= 15 is 0 Å². The van der Waals surface area contributed by atoms with Gasteiger partial charge in [-0.1, -0.05) is 30.3 Å². The maximum Gasteiger partial charge on any atom is 0.305 e. The van der Waals surface area contributed by atoms with Crippen LogP contribution in [0, 0.1) is 0 Å². The Bertz CT molecular complexity index is 588. The van der Waals surface area contributed by atoms with Crippen LogP contribution in [0.5, 0.6) is 0 Å². The van der Waals surface area contributed by atoms with E-state index in [0.717, 1.165) is 24.0 Å². The van der Waals surface area contributed by atoms with Crippen molar-refractivity contribution >= 4 is 11.8 Å². The van der Waals surface area contributed by atoms with E-state index < -0.39 is 6.29 Å². The number of Topliss-reactive ketones (excluding diaryl/α,β-unsaturated/α-hetero) is 1. The van der Waals surface area contributed by atoms with Gasteiger partial charge in [0.2, 0.25) is 6.29 Å². The highest BCUT2D eigenvalue weighted by Gasteiger charge is 2.37. The van der Waals surface area contributed by atoms with E-state index in [1.807, 2.05) is 30.3 Å². The predicted molar refractivity (Wildman–Crippen MR) is 76.3 cm³/mol. The van der Waals surface area contributed by atoms with Crippen molar-refractivity contribution in [2.75, 3.05) is 0 Å². The summed E-state index contributed by atoms with van der Waals surface area (Å²) in [6, 6.07) is 9.88. The van der Waals surface area contributed by atoms with Gasteiger partial charge < -0.3 is 9.47 Å². The first-order valence-corrected chi connectivity index (χ1v) is 7.30. The van der Waals surface area contributed by atoms with Crippen LogP contribution in [0.2, 0.25) is 0 Å². The summed E-state index contributed by atoms with van der Waals surface area (Å²) in [6.45, 7) is 1.37. The first-order valence-electron chi connectivity index (χ1n) is 7.30. The molecule has 0 amide bonds. The van der Waals surface area contributed by atoms with Gasteiger partial charge in [-0.05, 0) is 12.0 Å². The van der Waals surface area contributed by atoms with Gasteiger partial charge in [-0.25, -0.2) is 0 Å². The van der Waals surface area contributed by atoms with Crippen LogP contribution in [-0.4, -0.2) is 18.0 Å². The van der Waals surface area contributed by atoms with E-state index in [2.05, 4.69) is 0 Å². The average Bonchev–Trinajstić information content (AvgIpc) is 2.47. The number of carbonyl (C=O) groups excluding carboxylic acids is 2. The SMILES string of the molecule is CC(=O)O[C@@H]1C[C@@H](c2ccccc2)C2=C(CCCC2=O)O1. The maximum absolute atomic E-state index is 12.3. The van der Waals surface area contributed by atoms with E-state index in [4.69, 9.17) is 9.47 Å². The monoisotopic (exact) mass is 286 g/mol. The van der Waals surface area contributed by atoms with Crippen LogP contribution in [0.3, 0.4) is 0 Å². The minimum Gasteiger partial charge on any atom is -0.459 e. The number of hydrogen-bond acceptors (Lipinski definition) is 4. The van der Waals surface area contributed by atoms with Crippen molar-refractivity contribution in [3.8, 4) is 0 Å². The Labute approximate surface area is 123 Å². The van der Waals surface area contributed by atoms with Crippen LogP contribution >= 0.6 is 0 Å². The van der Waals surface area contributed by atoms with E-state index in [9.17, 15) is 9.59 Å². The minimum atomic E-state index is -0.600. The number of rotatable bonds is 2. The summed E-state index contributed by atoms with van der Waals surface area (Å²) in [5, 5.41) is 0. The first-order chi connectivity index (χ1) is 10.1. The third kappa shape index (κ3) is 2.84. The fourth-order valence-electron chi connectivity index (χ4n) is 3.11. The lowest BCUT2D eigenvalue weighted by Crippen LogP contribution is -2.32. The summed E-state index contributed by atoms with van der Waals surface area (Å²) in [6.07, 6.45) is 2.00. The van der Waals surface area contributed by atoms with Gasteiger partial charge in [0.05, 0.1) is 0 Å². The molecule has 1 heterocycles. The largest absolute Gasteiger partial charge is 0.459 e. The fraction of sp³-hybridized carbons (Fsp3) is 0.412. The summed E-state index contributed by atoms with van der Waals surface area (Å²) in [5.41, 5.74) is 1.84. The third-order valence-electron chi connectivity index (χ3n) is 3.96. The highest BCUT2D eigenvalue weighted by Crippen LogP contribution is 2.42. The summed E-state index contributed by atoms with van der Waals surface area (Å²) in [4.78, 5) is 23.5. The lowest BCUT2D eigenvalue weighted by Gasteiger charge is -2.35. The Kier molecular flexibility index (Phi) is 3.78. The Morgan fingerprint density at radius 3 is 2.71 bits per heavy atom. The Morgan fingerprint density at radius 1 is 1.24 bits per heavy atom. The minimum absolute atomic E-state index is 0.0490. The predicted octanol–water partition coefficient (Wildman–Crippen LogP) is 3.09. The van der Waals surface area contributed by atoms with E-state index in [0.29, 0.717) is 18.6 Å². The van der Waals surface area contributed by atoms with Crippen molar-refractivity contribution in [3.05, 3.63) is 47.2 Å². The number of benzene rings is 1. The molecule has 1 aliphatic heterocycles. The molecule has 1 aromatic rings. The molecule has 0 bridgehead atoms. The van der Waals surface area contributed by atoms with Crippen LogP contribution in [0.25, 0.3) is 0 Å². The summed E-state index contributed by atoms with van der Waals surface area (Å²) in [7, 11) is 0. The summed E-state index contributed by atoms with van der Waals surface area (Å²) < 4.78 is 11.0.